The molecule has 5 heteroatoms. The van der Waals surface area contributed by atoms with Crippen molar-refractivity contribution in [1.82, 2.24) is 0 Å². The molecule has 0 fully saturated rings. The first-order chi connectivity index (χ1) is 9.47. The van der Waals surface area contributed by atoms with Gasteiger partial charge in [0.2, 0.25) is 0 Å². The van der Waals surface area contributed by atoms with Gasteiger partial charge in [-0.1, -0.05) is 6.07 Å². The summed E-state index contributed by atoms with van der Waals surface area (Å²) in [6.07, 6.45) is 0. The second-order valence-corrected chi connectivity index (χ2v) is 4.27. The maximum absolute atomic E-state index is 13.4. The third kappa shape index (κ3) is 3.17. The van der Waals surface area contributed by atoms with Gasteiger partial charge >= 0.3 is 0 Å². The lowest BCUT2D eigenvalue weighted by Crippen LogP contribution is -2.12. The first-order valence-electron chi connectivity index (χ1n) is 5.84. The molecule has 2 aromatic rings. The molecule has 0 heterocycles. The molecule has 0 radical (unpaired) electrons. The first-order valence-corrected chi connectivity index (χ1v) is 5.84. The first kappa shape index (κ1) is 14.1. The lowest BCUT2D eigenvalue weighted by Gasteiger charge is -2.07. The molecule has 0 amide bonds. The molecule has 0 atom stereocenters. The molecule has 0 aromatic heterocycles. The average molecular weight is 280 g/mol. The van der Waals surface area contributed by atoms with E-state index in [1.54, 1.807) is 13.0 Å². The van der Waals surface area contributed by atoms with E-state index < -0.39 is 29.8 Å². The minimum atomic E-state index is -1.11. The number of ether oxygens (including phenoxy) is 1. The van der Waals surface area contributed by atoms with E-state index in [0.29, 0.717) is 0 Å². The molecule has 104 valence electrons. The highest BCUT2D eigenvalue weighted by Crippen LogP contribution is 2.18. The minimum absolute atomic E-state index is 0.0306. The average Bonchev–Trinajstić information content (AvgIpc) is 2.42. The van der Waals surface area contributed by atoms with Crippen molar-refractivity contribution in [3.63, 3.8) is 0 Å². The largest absolute Gasteiger partial charge is 0.482 e. The van der Waals surface area contributed by atoms with Crippen molar-refractivity contribution in [2.45, 2.75) is 6.92 Å². The van der Waals surface area contributed by atoms with Gasteiger partial charge in [-0.3, -0.25) is 4.79 Å². The van der Waals surface area contributed by atoms with Crippen molar-refractivity contribution in [1.29, 1.82) is 0 Å². The second kappa shape index (κ2) is 5.77. The van der Waals surface area contributed by atoms with E-state index in [1.807, 2.05) is 0 Å². The summed E-state index contributed by atoms with van der Waals surface area (Å²) in [6.45, 7) is 1.30. The number of rotatable bonds is 4. The van der Waals surface area contributed by atoms with Crippen molar-refractivity contribution in [2.24, 2.45) is 0 Å². The zero-order valence-corrected chi connectivity index (χ0v) is 10.6. The van der Waals surface area contributed by atoms with E-state index in [9.17, 15) is 18.0 Å². The molecule has 20 heavy (non-hydrogen) atoms. The third-order valence-electron chi connectivity index (χ3n) is 2.69. The van der Waals surface area contributed by atoms with Crippen LogP contribution in [0, 0.1) is 24.4 Å². The van der Waals surface area contributed by atoms with Crippen LogP contribution >= 0.6 is 0 Å². The number of carbonyl (C=O) groups excluding carboxylic acids is 1. The number of hydrogen-bond acceptors (Lipinski definition) is 2. The summed E-state index contributed by atoms with van der Waals surface area (Å²) in [5.41, 5.74) is 0.749. The number of ketones is 1. The van der Waals surface area contributed by atoms with Crippen molar-refractivity contribution < 1.29 is 22.7 Å². The van der Waals surface area contributed by atoms with Gasteiger partial charge in [0.1, 0.15) is 0 Å². The fraction of sp³-hybridized carbons (Fsp3) is 0.133. The van der Waals surface area contributed by atoms with Gasteiger partial charge in [-0.05, 0) is 42.8 Å². The summed E-state index contributed by atoms with van der Waals surface area (Å²) in [7, 11) is 0. The Morgan fingerprint density at radius 1 is 1.00 bits per heavy atom. The Hall–Kier alpha value is -2.30. The molecule has 0 aliphatic heterocycles. The van der Waals surface area contributed by atoms with E-state index in [4.69, 9.17) is 4.74 Å². The number of carbonyl (C=O) groups is 1. The van der Waals surface area contributed by atoms with Crippen molar-refractivity contribution >= 4 is 5.78 Å². The van der Waals surface area contributed by atoms with E-state index in [-0.39, 0.29) is 11.3 Å². The highest BCUT2D eigenvalue weighted by molar-refractivity contribution is 5.97. The van der Waals surface area contributed by atoms with Crippen LogP contribution in [0.5, 0.6) is 5.75 Å². The van der Waals surface area contributed by atoms with E-state index in [1.165, 1.54) is 12.1 Å². The standard InChI is InChI=1S/C15H11F3O2/c1-9-2-4-12(17)15(6-9)20-8-14(19)10-3-5-11(16)13(18)7-10/h2-7H,8H2,1H3. The van der Waals surface area contributed by atoms with Crippen LogP contribution in [0.1, 0.15) is 15.9 Å². The fourth-order valence-electron chi connectivity index (χ4n) is 1.62. The van der Waals surface area contributed by atoms with Crippen LogP contribution in [-0.4, -0.2) is 12.4 Å². The Morgan fingerprint density at radius 2 is 1.70 bits per heavy atom. The van der Waals surface area contributed by atoms with Crippen molar-refractivity contribution in [3.8, 4) is 5.75 Å². The van der Waals surface area contributed by atoms with Gasteiger partial charge in [-0.2, -0.15) is 0 Å². The normalized spacial score (nSPS) is 10.4. The zero-order valence-electron chi connectivity index (χ0n) is 10.6. The van der Waals surface area contributed by atoms with E-state index >= 15 is 0 Å². The zero-order chi connectivity index (χ0) is 14.7. The Kier molecular flexibility index (Phi) is 4.08. The molecular formula is C15H11F3O2. The van der Waals surface area contributed by atoms with E-state index in [0.717, 1.165) is 23.8 Å². The van der Waals surface area contributed by atoms with Gasteiger partial charge in [0.25, 0.3) is 0 Å². The molecule has 2 aromatic carbocycles. The van der Waals surface area contributed by atoms with Crippen LogP contribution in [0.15, 0.2) is 36.4 Å². The number of halogens is 3. The summed E-state index contributed by atoms with van der Waals surface area (Å²) in [6, 6.07) is 7.04. The highest BCUT2D eigenvalue weighted by atomic mass is 19.2. The highest BCUT2D eigenvalue weighted by Gasteiger charge is 2.12. The van der Waals surface area contributed by atoms with Gasteiger partial charge in [0.15, 0.2) is 35.6 Å². The Morgan fingerprint density at radius 3 is 2.40 bits per heavy atom. The molecule has 0 bridgehead atoms. The fourth-order valence-corrected chi connectivity index (χ4v) is 1.62. The molecule has 0 aliphatic rings. The number of benzene rings is 2. The Balaban J connectivity index is 2.08. The van der Waals surface area contributed by atoms with Crippen LogP contribution < -0.4 is 4.74 Å². The topological polar surface area (TPSA) is 26.3 Å². The van der Waals surface area contributed by atoms with Crippen LogP contribution in [-0.2, 0) is 0 Å². The molecule has 0 saturated heterocycles. The maximum Gasteiger partial charge on any atom is 0.200 e. The molecule has 0 spiro atoms. The third-order valence-corrected chi connectivity index (χ3v) is 2.69. The quantitative estimate of drug-likeness (QED) is 0.799. The molecule has 0 N–H and O–H groups in total. The minimum Gasteiger partial charge on any atom is -0.482 e. The molecular weight excluding hydrogens is 269 g/mol. The monoisotopic (exact) mass is 280 g/mol. The van der Waals surface area contributed by atoms with Crippen molar-refractivity contribution in [3.05, 3.63) is 65.0 Å². The summed E-state index contributed by atoms with van der Waals surface area (Å²) in [4.78, 5) is 11.7. The molecule has 2 nitrogen and oxygen atoms in total. The van der Waals surface area contributed by atoms with Crippen LogP contribution in [0.2, 0.25) is 0 Å². The number of aryl methyl sites for hydroxylation is 1. The Labute approximate surface area is 113 Å². The van der Waals surface area contributed by atoms with E-state index in [2.05, 4.69) is 0 Å². The van der Waals surface area contributed by atoms with Crippen LogP contribution in [0.3, 0.4) is 0 Å². The van der Waals surface area contributed by atoms with Crippen LogP contribution in [0.25, 0.3) is 0 Å². The SMILES string of the molecule is Cc1ccc(F)c(OCC(=O)c2ccc(F)c(F)c2)c1. The molecule has 0 aliphatic carbocycles. The summed E-state index contributed by atoms with van der Waals surface area (Å²) in [5, 5.41) is 0. The predicted molar refractivity (Wildman–Crippen MR) is 67.3 cm³/mol. The lowest BCUT2D eigenvalue weighted by atomic mass is 10.1. The molecule has 2 rings (SSSR count). The number of Topliss-reactive ketones (excluding diaryl/α,β-unsaturated/α-hetero) is 1. The maximum atomic E-state index is 13.4. The Bertz CT molecular complexity index is 654. The molecule has 0 saturated carbocycles. The van der Waals surface area contributed by atoms with Gasteiger partial charge in [0.05, 0.1) is 0 Å². The summed E-state index contributed by atoms with van der Waals surface area (Å²) >= 11 is 0. The lowest BCUT2D eigenvalue weighted by molar-refractivity contribution is 0.0918. The van der Waals surface area contributed by atoms with Gasteiger partial charge < -0.3 is 4.74 Å². The van der Waals surface area contributed by atoms with Gasteiger partial charge in [0, 0.05) is 5.56 Å². The smallest absolute Gasteiger partial charge is 0.200 e. The van der Waals surface area contributed by atoms with Crippen molar-refractivity contribution in [2.75, 3.05) is 6.61 Å². The summed E-state index contributed by atoms with van der Waals surface area (Å²) in [5.74, 6) is -3.36. The van der Waals surface area contributed by atoms with Crippen LogP contribution in [0.4, 0.5) is 13.2 Å². The second-order valence-electron chi connectivity index (χ2n) is 4.27. The number of hydrogen-bond donors (Lipinski definition) is 0. The summed E-state index contributed by atoms with van der Waals surface area (Å²) < 4.78 is 44.2. The van der Waals surface area contributed by atoms with Gasteiger partial charge in [-0.25, -0.2) is 13.2 Å². The van der Waals surface area contributed by atoms with Gasteiger partial charge in [-0.15, -0.1) is 0 Å². The molecule has 0 unspecified atom stereocenters. The predicted octanol–water partition coefficient (Wildman–Crippen LogP) is 3.67.